The summed E-state index contributed by atoms with van der Waals surface area (Å²) in [5, 5.41) is 19.9. The van der Waals surface area contributed by atoms with E-state index in [9.17, 15) is 14.3 Å². The van der Waals surface area contributed by atoms with Crippen LogP contribution in [0.15, 0.2) is 29.8 Å². The van der Waals surface area contributed by atoms with Crippen molar-refractivity contribution >= 4 is 22.4 Å². The van der Waals surface area contributed by atoms with Crippen LogP contribution in [-0.4, -0.2) is 21.2 Å². The maximum absolute atomic E-state index is 12.9. The van der Waals surface area contributed by atoms with E-state index in [0.717, 1.165) is 0 Å². The van der Waals surface area contributed by atoms with E-state index < -0.39 is 17.8 Å². The highest BCUT2D eigenvalue weighted by Gasteiger charge is 2.14. The number of rotatable bonds is 4. The second kappa shape index (κ2) is 5.65. The summed E-state index contributed by atoms with van der Waals surface area (Å²) in [7, 11) is 0. The lowest BCUT2D eigenvalue weighted by Gasteiger charge is -2.10. The maximum Gasteiger partial charge on any atom is 0.229 e. The Morgan fingerprint density at radius 3 is 3.06 bits per heavy atom. The van der Waals surface area contributed by atoms with Crippen LogP contribution in [0.5, 0.6) is 0 Å². The molecule has 1 aromatic carbocycles. The van der Waals surface area contributed by atoms with E-state index >= 15 is 0 Å². The molecule has 18 heavy (non-hydrogen) atoms. The number of carbonyl (C=O) groups is 1. The molecule has 1 amide bonds. The molecule has 2 N–H and O–H groups in total. The molecule has 0 radical (unpaired) electrons. The largest absolute Gasteiger partial charge is 0.388 e. The van der Waals surface area contributed by atoms with E-state index in [1.54, 1.807) is 6.07 Å². The summed E-state index contributed by atoms with van der Waals surface area (Å²) in [6.07, 6.45) is -1.21. The normalized spacial score (nSPS) is 12.1. The Hall–Kier alpha value is -1.86. The Bertz CT molecular complexity index is 533. The zero-order valence-corrected chi connectivity index (χ0v) is 10.0. The lowest BCUT2D eigenvalue weighted by molar-refractivity contribution is -0.118. The molecule has 0 bridgehead atoms. The molecule has 1 unspecified atom stereocenters. The van der Waals surface area contributed by atoms with E-state index in [-0.39, 0.29) is 6.42 Å². The molecule has 2 rings (SSSR count). The summed E-state index contributed by atoms with van der Waals surface area (Å²) >= 11 is 1.18. The van der Waals surface area contributed by atoms with Crippen LogP contribution in [0.2, 0.25) is 0 Å². The van der Waals surface area contributed by atoms with E-state index in [0.29, 0.717) is 10.7 Å². The van der Waals surface area contributed by atoms with Gasteiger partial charge in [0.15, 0.2) is 0 Å². The van der Waals surface area contributed by atoms with Gasteiger partial charge in [-0.1, -0.05) is 23.5 Å². The Labute approximate surface area is 106 Å². The number of aromatic nitrogens is 2. The van der Waals surface area contributed by atoms with Crippen LogP contribution in [0.3, 0.4) is 0 Å². The molecule has 0 saturated heterocycles. The van der Waals surface area contributed by atoms with Gasteiger partial charge in [-0.05, 0) is 17.7 Å². The lowest BCUT2D eigenvalue weighted by Crippen LogP contribution is -2.15. The zero-order chi connectivity index (χ0) is 13.0. The van der Waals surface area contributed by atoms with Crippen molar-refractivity contribution in [2.75, 3.05) is 5.32 Å². The van der Waals surface area contributed by atoms with Crippen LogP contribution in [0.25, 0.3) is 0 Å². The fourth-order valence-electron chi connectivity index (χ4n) is 1.41. The minimum absolute atomic E-state index is 0.164. The Morgan fingerprint density at radius 2 is 2.39 bits per heavy atom. The van der Waals surface area contributed by atoms with Gasteiger partial charge in [0.25, 0.3) is 0 Å². The molecule has 1 atom stereocenters. The number of aliphatic hydroxyl groups excluding tert-OH is 1. The third-order valence-electron chi connectivity index (χ3n) is 2.22. The third kappa shape index (κ3) is 3.31. The highest BCUT2D eigenvalue weighted by molar-refractivity contribution is 7.13. The number of hydrogen-bond acceptors (Lipinski definition) is 5. The van der Waals surface area contributed by atoms with Crippen LogP contribution in [0, 0.1) is 5.82 Å². The lowest BCUT2D eigenvalue weighted by atomic mass is 10.1. The van der Waals surface area contributed by atoms with Crippen molar-refractivity contribution in [3.05, 3.63) is 41.2 Å². The molecule has 5 nitrogen and oxygen atoms in total. The van der Waals surface area contributed by atoms with Gasteiger partial charge in [-0.3, -0.25) is 4.79 Å². The molecule has 0 fully saturated rings. The summed E-state index contributed by atoms with van der Waals surface area (Å²) in [5.74, 6) is -0.848. The number of aliphatic hydroxyl groups is 1. The molecule has 0 aliphatic heterocycles. The summed E-state index contributed by atoms with van der Waals surface area (Å²) < 4.78 is 12.9. The standard InChI is InChI=1S/C11H10FN3O2S/c12-8-3-1-2-7(4-8)9(16)5-10(17)14-11-15-13-6-18-11/h1-4,6,9,16H,5H2,(H,14,15,17). The Kier molecular flexibility index (Phi) is 3.96. The number of amides is 1. The van der Waals surface area contributed by atoms with Gasteiger partial charge in [0.1, 0.15) is 11.3 Å². The highest BCUT2D eigenvalue weighted by atomic mass is 32.1. The van der Waals surface area contributed by atoms with Crippen LogP contribution in [0.1, 0.15) is 18.1 Å². The number of hydrogen-bond donors (Lipinski definition) is 2. The van der Waals surface area contributed by atoms with Gasteiger partial charge in [-0.25, -0.2) is 4.39 Å². The van der Waals surface area contributed by atoms with Crippen molar-refractivity contribution in [2.45, 2.75) is 12.5 Å². The number of nitrogens with one attached hydrogen (secondary N) is 1. The van der Waals surface area contributed by atoms with Crippen molar-refractivity contribution in [3.63, 3.8) is 0 Å². The van der Waals surface area contributed by atoms with Crippen molar-refractivity contribution in [1.82, 2.24) is 10.2 Å². The van der Waals surface area contributed by atoms with E-state index in [4.69, 9.17) is 0 Å². The van der Waals surface area contributed by atoms with Crippen molar-refractivity contribution < 1.29 is 14.3 Å². The van der Waals surface area contributed by atoms with Crippen molar-refractivity contribution in [3.8, 4) is 0 Å². The maximum atomic E-state index is 12.9. The summed E-state index contributed by atoms with van der Waals surface area (Å²) in [5.41, 5.74) is 1.85. The molecule has 7 heteroatoms. The SMILES string of the molecule is O=C(CC(O)c1cccc(F)c1)Nc1nncs1. The number of nitrogens with zero attached hydrogens (tertiary/aromatic N) is 2. The highest BCUT2D eigenvalue weighted by Crippen LogP contribution is 2.18. The van der Waals surface area contributed by atoms with Crippen LogP contribution in [0.4, 0.5) is 9.52 Å². The zero-order valence-electron chi connectivity index (χ0n) is 9.21. The van der Waals surface area contributed by atoms with Gasteiger partial charge >= 0.3 is 0 Å². The number of anilines is 1. The van der Waals surface area contributed by atoms with Crippen molar-refractivity contribution in [2.24, 2.45) is 0 Å². The summed E-state index contributed by atoms with van der Waals surface area (Å²) in [4.78, 5) is 11.6. The number of benzene rings is 1. The molecule has 0 saturated carbocycles. The fourth-order valence-corrected chi connectivity index (χ4v) is 1.87. The summed E-state index contributed by atoms with van der Waals surface area (Å²) in [6, 6.07) is 5.52. The van der Waals surface area contributed by atoms with Crippen molar-refractivity contribution in [1.29, 1.82) is 0 Å². The van der Waals surface area contributed by atoms with Crippen LogP contribution in [-0.2, 0) is 4.79 Å². The summed E-state index contributed by atoms with van der Waals surface area (Å²) in [6.45, 7) is 0. The first kappa shape index (κ1) is 12.6. The molecule has 2 aromatic rings. The van der Waals surface area contributed by atoms with Gasteiger partial charge in [0, 0.05) is 0 Å². The van der Waals surface area contributed by atoms with Crippen LogP contribution >= 0.6 is 11.3 Å². The van der Waals surface area contributed by atoms with Gasteiger partial charge < -0.3 is 10.4 Å². The minimum atomic E-state index is -1.05. The van der Waals surface area contributed by atoms with E-state index in [2.05, 4.69) is 15.5 Å². The van der Waals surface area contributed by atoms with Gasteiger partial charge in [0.2, 0.25) is 11.0 Å². The molecule has 94 valence electrons. The first-order valence-electron chi connectivity index (χ1n) is 5.14. The molecular weight excluding hydrogens is 257 g/mol. The molecular formula is C11H10FN3O2S. The molecule has 0 aliphatic rings. The second-order valence-electron chi connectivity index (χ2n) is 3.57. The quantitative estimate of drug-likeness (QED) is 0.884. The molecule has 1 heterocycles. The average Bonchev–Trinajstić information content (AvgIpc) is 2.81. The number of halogens is 1. The monoisotopic (exact) mass is 267 g/mol. The van der Waals surface area contributed by atoms with Gasteiger partial charge in [-0.15, -0.1) is 10.2 Å². The molecule has 0 aliphatic carbocycles. The van der Waals surface area contributed by atoms with Gasteiger partial charge in [0.05, 0.1) is 12.5 Å². The first-order chi connectivity index (χ1) is 8.65. The van der Waals surface area contributed by atoms with Crippen LogP contribution < -0.4 is 5.32 Å². The van der Waals surface area contributed by atoms with E-state index in [1.807, 2.05) is 0 Å². The minimum Gasteiger partial charge on any atom is -0.388 e. The average molecular weight is 267 g/mol. The predicted molar refractivity (Wildman–Crippen MR) is 64.5 cm³/mol. The number of carbonyl (C=O) groups excluding carboxylic acids is 1. The van der Waals surface area contributed by atoms with Gasteiger partial charge in [-0.2, -0.15) is 0 Å². The predicted octanol–water partition coefficient (Wildman–Crippen LogP) is 1.74. The fraction of sp³-hybridized carbons (Fsp3) is 0.182. The Morgan fingerprint density at radius 1 is 1.56 bits per heavy atom. The topological polar surface area (TPSA) is 75.1 Å². The first-order valence-corrected chi connectivity index (χ1v) is 6.02. The van der Waals surface area contributed by atoms with E-state index in [1.165, 1.54) is 35.0 Å². The Balaban J connectivity index is 1.95. The molecule has 0 spiro atoms. The smallest absolute Gasteiger partial charge is 0.229 e. The molecule has 1 aromatic heterocycles. The second-order valence-corrected chi connectivity index (χ2v) is 4.40. The third-order valence-corrected chi connectivity index (χ3v) is 2.83.